The van der Waals surface area contributed by atoms with Gasteiger partial charge in [-0.15, -0.1) is 0 Å². The Morgan fingerprint density at radius 1 is 1.17 bits per heavy atom. The van der Waals surface area contributed by atoms with Gasteiger partial charge in [0.05, 0.1) is 12.7 Å². The van der Waals surface area contributed by atoms with Crippen LogP contribution in [0.15, 0.2) is 48.8 Å². The molecule has 2 aromatic rings. The highest BCUT2D eigenvalue weighted by molar-refractivity contribution is 5.37. The highest BCUT2D eigenvalue weighted by Gasteiger charge is 2.50. The number of rotatable bonds is 6. The molecule has 0 bridgehead atoms. The summed E-state index contributed by atoms with van der Waals surface area (Å²) in [4.78, 5) is 6.54. The van der Waals surface area contributed by atoms with Crippen LogP contribution in [-0.4, -0.2) is 16.6 Å². The van der Waals surface area contributed by atoms with Crippen molar-refractivity contribution in [2.75, 3.05) is 11.4 Å². The fraction of sp³-hybridized carbons (Fsp3) is 0.444. The van der Waals surface area contributed by atoms with E-state index in [1.54, 1.807) is 6.20 Å². The molecule has 1 N–H and O–H groups in total. The maximum atomic E-state index is 11.4. The molecule has 1 unspecified atom stereocenters. The summed E-state index contributed by atoms with van der Waals surface area (Å²) in [7, 11) is 0. The summed E-state index contributed by atoms with van der Waals surface area (Å²) < 4.78 is 2.03. The Kier molecular flexibility index (Phi) is 6.13. The van der Waals surface area contributed by atoms with Gasteiger partial charge in [-0.1, -0.05) is 61.5 Å². The first-order valence-electron chi connectivity index (χ1n) is 8.15. The summed E-state index contributed by atoms with van der Waals surface area (Å²) in [6.45, 7) is 3.55. The molecule has 0 aliphatic carbocycles. The third-order valence-corrected chi connectivity index (χ3v) is 4.35. The first-order chi connectivity index (χ1) is 10.8. The topological polar surface area (TPSA) is 40.2 Å². The van der Waals surface area contributed by atoms with Gasteiger partial charge in [-0.05, 0) is 6.42 Å². The van der Waals surface area contributed by atoms with Crippen LogP contribution in [0.4, 0.5) is 5.95 Å². The number of anilines is 1. The van der Waals surface area contributed by atoms with E-state index in [1.165, 1.54) is 19.3 Å². The van der Waals surface area contributed by atoms with Gasteiger partial charge in [0.2, 0.25) is 5.72 Å². The largest absolute Gasteiger partial charge is 1.00 e. The van der Waals surface area contributed by atoms with Crippen LogP contribution >= 0.6 is 0 Å². The van der Waals surface area contributed by atoms with Crippen LogP contribution in [0.3, 0.4) is 0 Å². The fourth-order valence-electron chi connectivity index (χ4n) is 3.16. The summed E-state index contributed by atoms with van der Waals surface area (Å²) >= 11 is 0. The SMILES string of the molecule is CCCCCCN1c2nccc[n+]2CC1(O)c1ccccc1.[Br-]. The highest BCUT2D eigenvalue weighted by atomic mass is 79.9. The predicted molar refractivity (Wildman–Crippen MR) is 86.3 cm³/mol. The summed E-state index contributed by atoms with van der Waals surface area (Å²) in [5, 5.41) is 11.4. The first kappa shape index (κ1) is 17.9. The normalized spacial score (nSPS) is 19.3. The first-order valence-corrected chi connectivity index (χ1v) is 8.15. The maximum absolute atomic E-state index is 11.4. The van der Waals surface area contributed by atoms with E-state index in [0.717, 1.165) is 24.5 Å². The molecule has 124 valence electrons. The lowest BCUT2D eigenvalue weighted by Crippen LogP contribution is -3.00. The molecule has 0 amide bonds. The van der Waals surface area contributed by atoms with E-state index in [9.17, 15) is 5.11 Å². The second-order valence-corrected chi connectivity index (χ2v) is 5.94. The second kappa shape index (κ2) is 7.88. The van der Waals surface area contributed by atoms with E-state index in [2.05, 4.69) is 16.8 Å². The molecule has 0 saturated heterocycles. The molecule has 5 heteroatoms. The van der Waals surface area contributed by atoms with Crippen LogP contribution in [-0.2, 0) is 12.3 Å². The Morgan fingerprint density at radius 2 is 1.96 bits per heavy atom. The third-order valence-electron chi connectivity index (χ3n) is 4.35. The molecule has 1 aromatic carbocycles. The summed E-state index contributed by atoms with van der Waals surface area (Å²) in [6.07, 6.45) is 8.49. The molecular weight excluding hydrogens is 354 g/mol. The molecule has 2 heterocycles. The smallest absolute Gasteiger partial charge is 0.396 e. The zero-order valence-electron chi connectivity index (χ0n) is 13.5. The van der Waals surface area contributed by atoms with E-state index < -0.39 is 5.72 Å². The minimum absolute atomic E-state index is 0. The number of hydrogen-bond acceptors (Lipinski definition) is 3. The van der Waals surface area contributed by atoms with Crippen molar-refractivity contribution in [1.29, 1.82) is 0 Å². The lowest BCUT2D eigenvalue weighted by atomic mass is 10.0. The van der Waals surface area contributed by atoms with E-state index >= 15 is 0 Å². The van der Waals surface area contributed by atoms with Crippen molar-refractivity contribution >= 4 is 5.95 Å². The van der Waals surface area contributed by atoms with Crippen molar-refractivity contribution in [1.82, 2.24) is 4.98 Å². The minimum atomic E-state index is -1.01. The van der Waals surface area contributed by atoms with Gasteiger partial charge in [0, 0.05) is 11.6 Å². The van der Waals surface area contributed by atoms with Gasteiger partial charge in [0.25, 0.3) is 0 Å². The number of fused-ring (bicyclic) bond motifs is 1. The Labute approximate surface area is 148 Å². The number of halogens is 1. The second-order valence-electron chi connectivity index (χ2n) is 5.94. The molecule has 1 aromatic heterocycles. The third kappa shape index (κ3) is 3.56. The number of unbranched alkanes of at least 4 members (excludes halogenated alkanes) is 3. The van der Waals surface area contributed by atoms with E-state index in [0.29, 0.717) is 6.54 Å². The van der Waals surface area contributed by atoms with Gasteiger partial charge < -0.3 is 22.1 Å². The van der Waals surface area contributed by atoms with Crippen LogP contribution in [0.25, 0.3) is 0 Å². The van der Waals surface area contributed by atoms with E-state index in [-0.39, 0.29) is 17.0 Å². The van der Waals surface area contributed by atoms with Gasteiger partial charge in [0.1, 0.15) is 12.7 Å². The van der Waals surface area contributed by atoms with Crippen molar-refractivity contribution in [3.63, 3.8) is 0 Å². The summed E-state index contributed by atoms with van der Waals surface area (Å²) in [5.41, 5.74) is -0.0783. The van der Waals surface area contributed by atoms with Crippen molar-refractivity contribution in [2.24, 2.45) is 0 Å². The average molecular weight is 378 g/mol. The van der Waals surface area contributed by atoms with Gasteiger partial charge in [0.15, 0.2) is 0 Å². The van der Waals surface area contributed by atoms with Crippen molar-refractivity contribution in [3.05, 3.63) is 54.4 Å². The maximum Gasteiger partial charge on any atom is 0.396 e. The molecule has 4 nitrogen and oxygen atoms in total. The van der Waals surface area contributed by atoms with Gasteiger partial charge in [-0.25, -0.2) is 9.47 Å². The van der Waals surface area contributed by atoms with Crippen LogP contribution in [0.1, 0.15) is 38.2 Å². The molecule has 0 radical (unpaired) electrons. The molecule has 1 aliphatic heterocycles. The molecule has 0 spiro atoms. The molecule has 1 aliphatic rings. The fourth-order valence-corrected chi connectivity index (χ4v) is 3.16. The molecule has 3 rings (SSSR count). The monoisotopic (exact) mass is 377 g/mol. The summed E-state index contributed by atoms with van der Waals surface area (Å²) in [5.74, 6) is 0.852. The Hall–Kier alpha value is -1.46. The minimum Gasteiger partial charge on any atom is -1.00 e. The van der Waals surface area contributed by atoms with Crippen molar-refractivity contribution in [2.45, 2.75) is 44.9 Å². The average Bonchev–Trinajstić information content (AvgIpc) is 2.85. The lowest BCUT2D eigenvalue weighted by molar-refractivity contribution is -0.685. The number of aliphatic hydroxyl groups is 1. The standard InChI is InChI=1S/C18H24N3O.BrH/c1-2-3-4-8-14-21-17-19-12-9-13-20(17)15-18(21,22)16-10-6-5-7-11-16;/h5-7,9-13,22H,2-4,8,14-15H2,1H3;1H/q+1;/p-1. The predicted octanol–water partition coefficient (Wildman–Crippen LogP) is -0.381. The molecular formula is C18H24BrN3O. The van der Waals surface area contributed by atoms with Gasteiger partial charge in [-0.2, -0.15) is 0 Å². The zero-order chi connectivity index (χ0) is 15.4. The molecule has 1 atom stereocenters. The zero-order valence-corrected chi connectivity index (χ0v) is 15.1. The number of benzene rings is 1. The molecule has 0 fully saturated rings. The van der Waals surface area contributed by atoms with Crippen molar-refractivity contribution in [3.8, 4) is 0 Å². The van der Waals surface area contributed by atoms with Gasteiger partial charge in [-0.3, -0.25) is 0 Å². The van der Waals surface area contributed by atoms with Gasteiger partial charge >= 0.3 is 5.95 Å². The Balaban J connectivity index is 0.00000192. The summed E-state index contributed by atoms with van der Waals surface area (Å²) in [6, 6.07) is 11.8. The van der Waals surface area contributed by atoms with E-state index in [1.807, 2.05) is 47.2 Å². The molecule has 23 heavy (non-hydrogen) atoms. The van der Waals surface area contributed by atoms with Crippen LogP contribution in [0.2, 0.25) is 0 Å². The van der Waals surface area contributed by atoms with E-state index in [4.69, 9.17) is 0 Å². The van der Waals surface area contributed by atoms with Crippen LogP contribution < -0.4 is 26.4 Å². The van der Waals surface area contributed by atoms with Crippen LogP contribution in [0, 0.1) is 0 Å². The Bertz CT molecular complexity index is 623. The highest BCUT2D eigenvalue weighted by Crippen LogP contribution is 2.33. The quantitative estimate of drug-likeness (QED) is 0.550. The molecule has 0 saturated carbocycles. The number of aromatic nitrogens is 2. The van der Waals surface area contributed by atoms with Crippen molar-refractivity contribution < 1.29 is 26.7 Å². The lowest BCUT2D eigenvalue weighted by Gasteiger charge is -2.28. The van der Waals surface area contributed by atoms with Crippen LogP contribution in [0.5, 0.6) is 0 Å². The number of nitrogens with zero attached hydrogens (tertiary/aromatic N) is 3. The number of hydrogen-bond donors (Lipinski definition) is 1. The Morgan fingerprint density at radius 3 is 2.70 bits per heavy atom.